The molecule has 53 heavy (non-hydrogen) atoms. The highest BCUT2D eigenvalue weighted by Crippen LogP contribution is 2.50. The van der Waals surface area contributed by atoms with Crippen LogP contribution >= 0.6 is 0 Å². The third-order valence-corrected chi connectivity index (χ3v) is 12.4. The standard InChI is InChI=1S/C41H49F4N7O/c1-23(2)52-22-46-31-18-29(25-10-11-28-32(16-25)51(21-39(28,4)5)26-19-40(6,20-26)50-14-8-7-9-15-50)47-36(35(31)52)48-30-17-27(24(3)33(42)34(30)43)37(53)49-41(12-13-41)38(44)45/h10-11,16-18,22-23,26,38H,7-9,12-15,19-21H2,1-6H3,(H,47,48)(H,49,53). The fourth-order valence-corrected chi connectivity index (χ4v) is 8.97. The Morgan fingerprint density at radius 1 is 0.981 bits per heavy atom. The highest BCUT2D eigenvalue weighted by atomic mass is 19.3. The number of fused-ring (bicyclic) bond motifs is 2. The van der Waals surface area contributed by atoms with Crippen molar-refractivity contribution in [2.75, 3.05) is 29.9 Å². The van der Waals surface area contributed by atoms with Gasteiger partial charge in [0.15, 0.2) is 17.5 Å². The first-order valence-electron chi connectivity index (χ1n) is 19.0. The number of nitrogens with one attached hydrogen (secondary N) is 2. The molecule has 2 aromatic heterocycles. The maximum absolute atomic E-state index is 15.7. The van der Waals surface area contributed by atoms with E-state index in [1.807, 2.05) is 24.5 Å². The van der Waals surface area contributed by atoms with Gasteiger partial charge in [-0.2, -0.15) is 0 Å². The Bertz CT molecular complexity index is 2090. The van der Waals surface area contributed by atoms with E-state index in [2.05, 4.69) is 64.4 Å². The van der Waals surface area contributed by atoms with Crippen LogP contribution in [0.4, 0.5) is 34.8 Å². The van der Waals surface area contributed by atoms with Crippen molar-refractivity contribution >= 4 is 34.1 Å². The molecule has 8 rings (SSSR count). The molecular weight excluding hydrogens is 682 g/mol. The van der Waals surface area contributed by atoms with E-state index in [-0.39, 0.29) is 52.5 Å². The molecule has 282 valence electrons. The molecule has 12 heteroatoms. The van der Waals surface area contributed by atoms with Gasteiger partial charge in [-0.25, -0.2) is 27.5 Å². The summed E-state index contributed by atoms with van der Waals surface area (Å²) in [5.74, 6) is -3.08. The van der Waals surface area contributed by atoms with Crippen LogP contribution in [0, 0.1) is 18.6 Å². The van der Waals surface area contributed by atoms with Crippen molar-refractivity contribution in [1.82, 2.24) is 24.8 Å². The number of amides is 1. The van der Waals surface area contributed by atoms with Crippen molar-refractivity contribution in [3.63, 3.8) is 0 Å². The predicted molar refractivity (Wildman–Crippen MR) is 200 cm³/mol. The van der Waals surface area contributed by atoms with Crippen LogP contribution in [-0.4, -0.2) is 68.5 Å². The second-order valence-corrected chi connectivity index (χ2v) is 17.1. The van der Waals surface area contributed by atoms with Gasteiger partial charge in [-0.3, -0.25) is 9.69 Å². The number of nitrogens with zero attached hydrogens (tertiary/aromatic N) is 5. The number of rotatable bonds is 9. The lowest BCUT2D eigenvalue weighted by molar-refractivity contribution is 0.00197. The van der Waals surface area contributed by atoms with E-state index in [1.54, 1.807) is 6.33 Å². The molecule has 0 radical (unpaired) electrons. The summed E-state index contributed by atoms with van der Waals surface area (Å²) in [5, 5.41) is 5.36. The maximum Gasteiger partial charge on any atom is 0.261 e. The zero-order valence-electron chi connectivity index (χ0n) is 31.4. The van der Waals surface area contributed by atoms with Crippen molar-refractivity contribution in [3.05, 3.63) is 65.0 Å². The lowest BCUT2D eigenvalue weighted by Crippen LogP contribution is -2.63. The van der Waals surface area contributed by atoms with Crippen LogP contribution in [-0.2, 0) is 5.41 Å². The van der Waals surface area contributed by atoms with Crippen molar-refractivity contribution in [3.8, 4) is 11.3 Å². The number of piperidine rings is 1. The van der Waals surface area contributed by atoms with Crippen LogP contribution < -0.4 is 15.5 Å². The van der Waals surface area contributed by atoms with E-state index in [0.717, 1.165) is 24.9 Å². The lowest BCUT2D eigenvalue weighted by Gasteiger charge is -2.56. The summed E-state index contributed by atoms with van der Waals surface area (Å²) in [7, 11) is 0. The Morgan fingerprint density at radius 3 is 2.36 bits per heavy atom. The van der Waals surface area contributed by atoms with Crippen LogP contribution in [0.15, 0.2) is 36.7 Å². The molecule has 0 unspecified atom stereocenters. The molecule has 4 aromatic rings. The number of carbonyl (C=O) groups is 1. The first-order chi connectivity index (χ1) is 25.1. The maximum atomic E-state index is 15.7. The highest BCUT2D eigenvalue weighted by molar-refractivity contribution is 5.98. The first kappa shape index (κ1) is 35.8. The predicted octanol–water partition coefficient (Wildman–Crippen LogP) is 9.04. The zero-order valence-corrected chi connectivity index (χ0v) is 31.4. The minimum atomic E-state index is -2.77. The molecule has 2 aromatic carbocycles. The second kappa shape index (κ2) is 12.7. The Labute approximate surface area is 308 Å². The molecule has 1 saturated heterocycles. The molecule has 0 spiro atoms. The van der Waals surface area contributed by atoms with Crippen LogP contribution in [0.1, 0.15) is 107 Å². The molecule has 1 amide bonds. The number of anilines is 3. The molecular formula is C41H49F4N7O. The Hall–Kier alpha value is -4.19. The average molecular weight is 732 g/mol. The summed E-state index contributed by atoms with van der Waals surface area (Å²) < 4.78 is 60.3. The van der Waals surface area contributed by atoms with Crippen molar-refractivity contribution in [1.29, 1.82) is 0 Å². The molecule has 2 aliphatic carbocycles. The summed E-state index contributed by atoms with van der Waals surface area (Å²) in [6, 6.07) is 9.93. The molecule has 0 atom stereocenters. The van der Waals surface area contributed by atoms with Gasteiger partial charge >= 0.3 is 0 Å². The number of carbonyl (C=O) groups excluding carboxylic acids is 1. The number of halogens is 4. The number of aromatic nitrogens is 3. The first-order valence-corrected chi connectivity index (χ1v) is 19.0. The number of hydrogen-bond acceptors (Lipinski definition) is 6. The average Bonchev–Trinajstić information content (AvgIpc) is 3.68. The van der Waals surface area contributed by atoms with Crippen molar-refractivity contribution in [2.45, 2.75) is 121 Å². The third-order valence-electron chi connectivity index (χ3n) is 12.4. The summed E-state index contributed by atoms with van der Waals surface area (Å²) >= 11 is 0. The van der Waals surface area contributed by atoms with Gasteiger partial charge in [0.25, 0.3) is 12.3 Å². The smallest absolute Gasteiger partial charge is 0.261 e. The number of hydrogen-bond donors (Lipinski definition) is 2. The van der Waals surface area contributed by atoms with E-state index < -0.39 is 29.5 Å². The van der Waals surface area contributed by atoms with E-state index >= 15 is 8.78 Å². The Kier molecular flexibility index (Phi) is 8.59. The van der Waals surface area contributed by atoms with E-state index in [9.17, 15) is 13.6 Å². The van der Waals surface area contributed by atoms with Gasteiger partial charge in [0, 0.05) is 52.0 Å². The number of imidazole rings is 1. The summed E-state index contributed by atoms with van der Waals surface area (Å²) in [6.45, 7) is 15.5. The van der Waals surface area contributed by atoms with Gasteiger partial charge in [-0.15, -0.1) is 0 Å². The van der Waals surface area contributed by atoms with Crippen LogP contribution in [0.5, 0.6) is 0 Å². The molecule has 0 bridgehead atoms. The molecule has 8 nitrogen and oxygen atoms in total. The molecule has 4 aliphatic rings. The Balaban J connectivity index is 1.15. The van der Waals surface area contributed by atoms with E-state index in [0.29, 0.717) is 22.8 Å². The third kappa shape index (κ3) is 6.05. The molecule has 2 N–H and O–H groups in total. The van der Waals surface area contributed by atoms with E-state index in [1.165, 1.54) is 56.6 Å². The number of likely N-dealkylation sites (tertiary alicyclic amines) is 1. The minimum absolute atomic E-state index is 0.0311. The largest absolute Gasteiger partial charge is 0.367 e. The van der Waals surface area contributed by atoms with E-state index in [4.69, 9.17) is 4.98 Å². The zero-order chi connectivity index (χ0) is 37.6. The monoisotopic (exact) mass is 731 g/mol. The minimum Gasteiger partial charge on any atom is -0.367 e. The van der Waals surface area contributed by atoms with Crippen LogP contribution in [0.2, 0.25) is 0 Å². The number of alkyl halides is 2. The quantitative estimate of drug-likeness (QED) is 0.167. The second-order valence-electron chi connectivity index (χ2n) is 17.1. The summed E-state index contributed by atoms with van der Waals surface area (Å²) in [6.07, 6.45) is 5.28. The van der Waals surface area contributed by atoms with Gasteiger partial charge in [0.1, 0.15) is 11.1 Å². The van der Waals surface area contributed by atoms with Crippen LogP contribution in [0.25, 0.3) is 22.3 Å². The lowest BCUT2D eigenvalue weighted by atomic mass is 9.71. The molecule has 3 fully saturated rings. The SMILES string of the molecule is Cc1c(C(=O)NC2(C(F)F)CC2)cc(Nc2nc(-c3ccc4c(c3)N(C3CC(C)(N5CCCCC5)C3)CC4(C)C)cc3ncn(C(C)C)c23)c(F)c1F. The van der Waals surface area contributed by atoms with Gasteiger partial charge in [-0.05, 0) is 103 Å². The number of pyridine rings is 1. The normalized spacial score (nSPS) is 23.4. The molecule has 2 aliphatic heterocycles. The van der Waals surface area contributed by atoms with Crippen LogP contribution in [0.3, 0.4) is 0 Å². The number of benzene rings is 2. The van der Waals surface area contributed by atoms with Gasteiger partial charge in [-0.1, -0.05) is 32.4 Å². The fourth-order valence-electron chi connectivity index (χ4n) is 8.97. The summed E-state index contributed by atoms with van der Waals surface area (Å²) in [5.41, 5.74) is 2.89. The Morgan fingerprint density at radius 2 is 1.70 bits per heavy atom. The molecule has 4 heterocycles. The molecule has 2 saturated carbocycles. The van der Waals surface area contributed by atoms with Crippen molar-refractivity contribution in [2.24, 2.45) is 0 Å². The van der Waals surface area contributed by atoms with Crippen molar-refractivity contribution < 1.29 is 22.4 Å². The fraction of sp³-hybridized carbons (Fsp3) is 0.537. The summed E-state index contributed by atoms with van der Waals surface area (Å²) in [4.78, 5) is 28.2. The van der Waals surface area contributed by atoms with Gasteiger partial charge in [0.2, 0.25) is 0 Å². The highest BCUT2D eigenvalue weighted by Gasteiger charge is 2.53. The van der Waals surface area contributed by atoms with Gasteiger partial charge in [0.05, 0.1) is 23.2 Å². The topological polar surface area (TPSA) is 78.3 Å². The van der Waals surface area contributed by atoms with Gasteiger partial charge < -0.3 is 20.1 Å².